The van der Waals surface area contributed by atoms with Gasteiger partial charge in [-0.3, -0.25) is 19.2 Å². The Balaban J connectivity index is 2.11. The molecule has 2 heterocycles. The maximum absolute atomic E-state index is 13.1. The first-order valence-electron chi connectivity index (χ1n) is 9.37. The molecule has 0 atom stereocenters. The summed E-state index contributed by atoms with van der Waals surface area (Å²) >= 11 is 12.6. The molecule has 0 fully saturated rings. The van der Waals surface area contributed by atoms with Crippen LogP contribution >= 0.6 is 23.2 Å². The van der Waals surface area contributed by atoms with Crippen LogP contribution in [0.4, 0.5) is 11.6 Å². The molecule has 27 heavy (non-hydrogen) atoms. The third kappa shape index (κ3) is 4.15. The summed E-state index contributed by atoms with van der Waals surface area (Å²) in [7, 11) is 0. The molecule has 3 rings (SSSR count). The molecule has 0 saturated heterocycles. The van der Waals surface area contributed by atoms with Crippen molar-refractivity contribution in [3.8, 4) is 0 Å². The molecule has 0 N–H and O–H groups in total. The summed E-state index contributed by atoms with van der Waals surface area (Å²) in [5, 5.41) is 1.13. The fourth-order valence-corrected chi connectivity index (χ4v) is 3.91. The van der Waals surface area contributed by atoms with Gasteiger partial charge in [0.25, 0.3) is 5.56 Å². The third-order valence-electron chi connectivity index (χ3n) is 4.95. The highest BCUT2D eigenvalue weighted by Crippen LogP contribution is 2.35. The normalized spacial score (nSPS) is 14.7. The van der Waals surface area contributed by atoms with Gasteiger partial charge in [0.1, 0.15) is 0 Å². The summed E-state index contributed by atoms with van der Waals surface area (Å²) in [6.45, 7) is 10.4. The molecule has 0 bridgehead atoms. The predicted molar refractivity (Wildman–Crippen MR) is 112 cm³/mol. The Morgan fingerprint density at radius 3 is 2.59 bits per heavy atom. The lowest BCUT2D eigenvalue weighted by Crippen LogP contribution is -2.48. The summed E-state index contributed by atoms with van der Waals surface area (Å²) < 4.78 is 1.76. The van der Waals surface area contributed by atoms with Gasteiger partial charge in [0.2, 0.25) is 5.95 Å². The van der Waals surface area contributed by atoms with Crippen LogP contribution in [0.25, 0.3) is 0 Å². The molecule has 2 aromatic rings. The Bertz CT molecular complexity index is 894. The van der Waals surface area contributed by atoms with E-state index in [-0.39, 0.29) is 5.56 Å². The van der Waals surface area contributed by atoms with Gasteiger partial charge in [0.05, 0.1) is 24.0 Å². The number of benzene rings is 1. The highest BCUT2D eigenvalue weighted by molar-refractivity contribution is 6.36. The predicted octanol–water partition coefficient (Wildman–Crippen LogP) is 4.84. The number of hydrogen-bond acceptors (Lipinski definition) is 4. The molecule has 0 aliphatic carbocycles. The van der Waals surface area contributed by atoms with E-state index in [1.165, 1.54) is 0 Å². The van der Waals surface area contributed by atoms with Crippen molar-refractivity contribution in [3.63, 3.8) is 0 Å². The Hall–Kier alpha value is -1.56. The maximum atomic E-state index is 13.1. The zero-order valence-electron chi connectivity index (χ0n) is 16.3. The van der Waals surface area contributed by atoms with Gasteiger partial charge in [-0.25, -0.2) is 4.98 Å². The Morgan fingerprint density at radius 1 is 1.22 bits per heavy atom. The zero-order chi connectivity index (χ0) is 19.7. The summed E-state index contributed by atoms with van der Waals surface area (Å²) in [6.07, 6.45) is 1.73. The number of anilines is 2. The Kier molecular flexibility index (Phi) is 6.14. The van der Waals surface area contributed by atoms with Crippen molar-refractivity contribution in [2.75, 3.05) is 18.1 Å². The quantitative estimate of drug-likeness (QED) is 0.709. The van der Waals surface area contributed by atoms with Gasteiger partial charge in [-0.1, -0.05) is 44.0 Å². The maximum Gasteiger partial charge on any atom is 0.259 e. The van der Waals surface area contributed by atoms with Crippen LogP contribution in [0, 0.1) is 12.8 Å². The fraction of sp³-hybridized carbons (Fsp3) is 0.500. The number of fused-ring (bicyclic) bond motifs is 1. The number of aromatic nitrogens is 2. The molecule has 1 aliphatic heterocycles. The summed E-state index contributed by atoms with van der Waals surface area (Å²) in [5.41, 5.74) is 2.38. The van der Waals surface area contributed by atoms with Crippen LogP contribution in [0.15, 0.2) is 23.0 Å². The van der Waals surface area contributed by atoms with Crippen molar-refractivity contribution >= 4 is 34.8 Å². The molecule has 0 amide bonds. The van der Waals surface area contributed by atoms with Crippen molar-refractivity contribution in [1.29, 1.82) is 0 Å². The van der Waals surface area contributed by atoms with Gasteiger partial charge in [0, 0.05) is 22.8 Å². The number of rotatable bonds is 5. The molecule has 7 heteroatoms. The Labute approximate surface area is 170 Å². The summed E-state index contributed by atoms with van der Waals surface area (Å²) in [4.78, 5) is 22.1. The molecule has 1 aliphatic rings. The second-order valence-corrected chi connectivity index (χ2v) is 8.29. The number of nitrogens with zero attached hydrogens (tertiary/aromatic N) is 4. The van der Waals surface area contributed by atoms with E-state index in [0.717, 1.165) is 29.9 Å². The van der Waals surface area contributed by atoms with Gasteiger partial charge in [-0.2, -0.15) is 0 Å². The van der Waals surface area contributed by atoms with Crippen molar-refractivity contribution in [3.05, 3.63) is 49.9 Å². The molecule has 0 spiro atoms. The van der Waals surface area contributed by atoms with E-state index in [4.69, 9.17) is 28.2 Å². The number of aryl methyl sites for hydroxylation is 1. The third-order valence-corrected chi connectivity index (χ3v) is 5.49. The van der Waals surface area contributed by atoms with Crippen LogP contribution < -0.4 is 10.5 Å². The standard InChI is InChI=1S/C20H26Cl2N4O/c1-5-16-14(4)23-20-25(18-7-6-15(21)10-17(18)22)11-24(9-8-13(2)3)12-26(20)19(16)27/h6-7,10,13H,5,8-9,11-12H2,1-4H3. The summed E-state index contributed by atoms with van der Waals surface area (Å²) in [5.74, 6) is 1.23. The number of halogens is 2. The summed E-state index contributed by atoms with van der Waals surface area (Å²) in [6, 6.07) is 5.42. The molecule has 1 aromatic heterocycles. The minimum absolute atomic E-state index is 0.0318. The first-order valence-corrected chi connectivity index (χ1v) is 10.1. The molecule has 1 aromatic carbocycles. The highest BCUT2D eigenvalue weighted by Gasteiger charge is 2.28. The van der Waals surface area contributed by atoms with E-state index in [1.807, 2.05) is 30.9 Å². The lowest BCUT2D eigenvalue weighted by Gasteiger charge is -2.39. The van der Waals surface area contributed by atoms with Gasteiger partial charge >= 0.3 is 0 Å². The first-order chi connectivity index (χ1) is 12.8. The van der Waals surface area contributed by atoms with Crippen LogP contribution in [0.2, 0.25) is 10.0 Å². The molecular formula is C20H26Cl2N4O. The van der Waals surface area contributed by atoms with E-state index >= 15 is 0 Å². The first kappa shape index (κ1) is 20.2. The minimum Gasteiger partial charge on any atom is -0.297 e. The monoisotopic (exact) mass is 408 g/mol. The van der Waals surface area contributed by atoms with Gasteiger partial charge in [-0.15, -0.1) is 0 Å². The van der Waals surface area contributed by atoms with Crippen LogP contribution in [0.1, 0.15) is 38.4 Å². The second-order valence-electron chi connectivity index (χ2n) is 7.45. The van der Waals surface area contributed by atoms with Gasteiger partial charge in [-0.05, 0) is 43.9 Å². The molecule has 5 nitrogen and oxygen atoms in total. The van der Waals surface area contributed by atoms with E-state index in [9.17, 15) is 4.79 Å². The van der Waals surface area contributed by atoms with Crippen molar-refractivity contribution in [2.45, 2.75) is 47.2 Å². The van der Waals surface area contributed by atoms with Crippen molar-refractivity contribution < 1.29 is 0 Å². The molecule has 0 radical (unpaired) electrons. The largest absolute Gasteiger partial charge is 0.297 e. The van der Waals surface area contributed by atoms with Gasteiger partial charge in [0.15, 0.2) is 0 Å². The molecule has 0 unspecified atom stereocenters. The SMILES string of the molecule is CCc1c(C)nc2n(c1=O)CN(CCC(C)C)CN2c1ccc(Cl)cc1Cl. The van der Waals surface area contributed by atoms with Crippen LogP contribution in [-0.4, -0.2) is 27.7 Å². The average molecular weight is 409 g/mol. The molecule has 0 saturated carbocycles. The molecule has 146 valence electrons. The minimum atomic E-state index is 0.0318. The Morgan fingerprint density at radius 2 is 1.96 bits per heavy atom. The van der Waals surface area contributed by atoms with E-state index in [2.05, 4.69) is 18.7 Å². The fourth-order valence-electron chi connectivity index (χ4n) is 3.40. The lowest BCUT2D eigenvalue weighted by molar-refractivity contribution is 0.188. The molecular weight excluding hydrogens is 383 g/mol. The van der Waals surface area contributed by atoms with E-state index in [0.29, 0.717) is 41.7 Å². The lowest BCUT2D eigenvalue weighted by atomic mass is 10.1. The van der Waals surface area contributed by atoms with E-state index < -0.39 is 0 Å². The zero-order valence-corrected chi connectivity index (χ0v) is 17.8. The van der Waals surface area contributed by atoms with Crippen molar-refractivity contribution in [2.24, 2.45) is 5.92 Å². The topological polar surface area (TPSA) is 41.4 Å². The van der Waals surface area contributed by atoms with Crippen molar-refractivity contribution in [1.82, 2.24) is 14.5 Å². The van der Waals surface area contributed by atoms with Crippen LogP contribution in [0.5, 0.6) is 0 Å². The second kappa shape index (κ2) is 8.21. The van der Waals surface area contributed by atoms with Crippen LogP contribution in [0.3, 0.4) is 0 Å². The average Bonchev–Trinajstić information content (AvgIpc) is 2.60. The van der Waals surface area contributed by atoms with Crippen LogP contribution in [-0.2, 0) is 13.1 Å². The highest BCUT2D eigenvalue weighted by atomic mass is 35.5. The van der Waals surface area contributed by atoms with Gasteiger partial charge < -0.3 is 0 Å². The number of hydrogen-bond donors (Lipinski definition) is 0. The van der Waals surface area contributed by atoms with E-state index in [1.54, 1.807) is 10.6 Å². The smallest absolute Gasteiger partial charge is 0.259 e.